The average Bonchev–Trinajstić information content (AvgIpc) is 3.07. The highest BCUT2D eigenvalue weighted by atomic mass is 32.2. The zero-order valence-corrected chi connectivity index (χ0v) is 16.5. The minimum atomic E-state index is -0.736. The van der Waals surface area contributed by atoms with Gasteiger partial charge in [-0.2, -0.15) is 5.26 Å². The second kappa shape index (κ2) is 4.83. The molecular formula is C21H22N2O3S. The summed E-state index contributed by atoms with van der Waals surface area (Å²) in [6, 6.07) is 7.11. The molecule has 0 amide bonds. The highest BCUT2D eigenvalue weighted by Gasteiger charge is 2.80. The summed E-state index contributed by atoms with van der Waals surface area (Å²) in [5.41, 5.74) is 1.76. The van der Waals surface area contributed by atoms with Gasteiger partial charge in [-0.05, 0) is 44.1 Å². The smallest absolute Gasteiger partial charge is 0.166 e. The van der Waals surface area contributed by atoms with E-state index in [0.29, 0.717) is 6.04 Å². The SMILES string of the molecule is COc1ccc2c3c1O[C@H]1[C@@]4(OC)C=C[C@@]5(S[C@@H]4C#N)[C@@H](C2)N(C)CC[C@]315. The van der Waals surface area contributed by atoms with Crippen LogP contribution >= 0.6 is 11.8 Å². The van der Waals surface area contributed by atoms with Crippen molar-refractivity contribution in [3.05, 3.63) is 35.4 Å². The Kier molecular flexibility index (Phi) is 2.92. The molecule has 0 unspecified atom stereocenters. The molecule has 5 nitrogen and oxygen atoms in total. The molecule has 1 aromatic rings. The van der Waals surface area contributed by atoms with Crippen molar-refractivity contribution >= 4 is 11.8 Å². The first-order valence-electron chi connectivity index (χ1n) is 9.48. The van der Waals surface area contributed by atoms with Gasteiger partial charge in [-0.1, -0.05) is 12.1 Å². The molecule has 0 radical (unpaired) electrons. The Hall–Kier alpha value is -1.68. The van der Waals surface area contributed by atoms with Crippen molar-refractivity contribution in [1.29, 1.82) is 5.26 Å². The molecule has 6 aliphatic rings. The van der Waals surface area contributed by atoms with Crippen LogP contribution in [0, 0.1) is 11.3 Å². The second-order valence-corrected chi connectivity index (χ2v) is 9.74. The standard InChI is InChI=1S/C21H22N2O3S/c1-23-9-8-19-16-12-4-5-13(24-2)17(16)26-18(19)20(25-3)6-7-21(19,14(23)10-12)27-15(20)11-22/h4-7,14-15,18H,8-10H2,1-3H3/t14-,15-,18-,19+,20-,21-/m1/s1. The summed E-state index contributed by atoms with van der Waals surface area (Å²) in [4.78, 5) is 2.48. The molecule has 0 saturated carbocycles. The zero-order valence-electron chi connectivity index (χ0n) is 15.7. The molecule has 4 aliphatic heterocycles. The second-order valence-electron chi connectivity index (χ2n) is 8.36. The van der Waals surface area contributed by atoms with Crippen LogP contribution in [0.5, 0.6) is 11.5 Å². The molecule has 6 heteroatoms. The maximum absolute atomic E-state index is 10.0. The molecule has 4 heterocycles. The predicted molar refractivity (Wildman–Crippen MR) is 102 cm³/mol. The van der Waals surface area contributed by atoms with E-state index in [-0.39, 0.29) is 21.5 Å². The van der Waals surface area contributed by atoms with Gasteiger partial charge >= 0.3 is 0 Å². The fourth-order valence-electron chi connectivity index (χ4n) is 6.61. The minimum absolute atomic E-state index is 0.171. The van der Waals surface area contributed by atoms with Crippen molar-refractivity contribution in [3.8, 4) is 17.6 Å². The lowest BCUT2D eigenvalue weighted by atomic mass is 9.50. The Balaban J connectivity index is 1.73. The van der Waals surface area contributed by atoms with Crippen LogP contribution in [0.1, 0.15) is 17.5 Å². The van der Waals surface area contributed by atoms with Crippen LogP contribution in [0.15, 0.2) is 24.3 Å². The first kappa shape index (κ1) is 16.3. The van der Waals surface area contributed by atoms with Crippen molar-refractivity contribution in [3.63, 3.8) is 0 Å². The van der Waals surface area contributed by atoms with E-state index in [9.17, 15) is 5.26 Å². The molecule has 27 heavy (non-hydrogen) atoms. The van der Waals surface area contributed by atoms with Crippen LogP contribution in [0.25, 0.3) is 0 Å². The minimum Gasteiger partial charge on any atom is -0.493 e. The third kappa shape index (κ3) is 1.45. The van der Waals surface area contributed by atoms with E-state index < -0.39 is 5.60 Å². The number of piperidine rings is 1. The van der Waals surface area contributed by atoms with E-state index in [0.717, 1.165) is 30.9 Å². The molecule has 4 bridgehead atoms. The highest BCUT2D eigenvalue weighted by Crippen LogP contribution is 2.73. The van der Waals surface area contributed by atoms with Gasteiger partial charge in [-0.25, -0.2) is 0 Å². The quantitative estimate of drug-likeness (QED) is 0.732. The van der Waals surface area contributed by atoms with Gasteiger partial charge in [0.1, 0.15) is 17.0 Å². The third-order valence-electron chi connectivity index (χ3n) is 7.75. The van der Waals surface area contributed by atoms with E-state index in [2.05, 4.69) is 36.2 Å². The average molecular weight is 382 g/mol. The molecule has 2 spiro atoms. The van der Waals surface area contributed by atoms with Gasteiger partial charge in [0.25, 0.3) is 0 Å². The van der Waals surface area contributed by atoms with Crippen LogP contribution < -0.4 is 9.47 Å². The first-order chi connectivity index (χ1) is 13.1. The van der Waals surface area contributed by atoms with E-state index in [4.69, 9.17) is 14.2 Å². The molecule has 2 saturated heterocycles. The number of likely N-dealkylation sites (tertiary alicyclic amines) is 1. The van der Waals surface area contributed by atoms with Crippen molar-refractivity contribution < 1.29 is 14.2 Å². The largest absolute Gasteiger partial charge is 0.493 e. The Morgan fingerprint density at radius 3 is 2.93 bits per heavy atom. The number of hydrogen-bond acceptors (Lipinski definition) is 6. The van der Waals surface area contributed by atoms with Crippen LogP contribution in [0.4, 0.5) is 0 Å². The predicted octanol–water partition coefficient (Wildman–Crippen LogP) is 2.29. The number of hydrogen-bond donors (Lipinski definition) is 0. The van der Waals surface area contributed by atoms with Crippen molar-refractivity contribution in [1.82, 2.24) is 4.90 Å². The molecular weight excluding hydrogens is 360 g/mol. The molecule has 2 fully saturated rings. The summed E-state index contributed by atoms with van der Waals surface area (Å²) in [5.74, 6) is 1.66. The number of thioether (sulfide) groups is 1. The Bertz CT molecular complexity index is 942. The summed E-state index contributed by atoms with van der Waals surface area (Å²) < 4.78 is 18.3. The van der Waals surface area contributed by atoms with Crippen molar-refractivity contribution in [2.45, 2.75) is 46.0 Å². The molecule has 7 rings (SSSR count). The van der Waals surface area contributed by atoms with E-state index in [1.807, 2.05) is 6.07 Å². The Morgan fingerprint density at radius 2 is 2.19 bits per heavy atom. The Morgan fingerprint density at radius 1 is 1.33 bits per heavy atom. The topological polar surface area (TPSA) is 54.7 Å². The number of fused-ring (bicyclic) bond motifs is 1. The molecule has 0 N–H and O–H groups in total. The molecule has 1 aromatic carbocycles. The number of benzene rings is 1. The molecule has 0 aromatic heterocycles. The van der Waals surface area contributed by atoms with Crippen LogP contribution in [0.3, 0.4) is 0 Å². The van der Waals surface area contributed by atoms with Gasteiger partial charge in [0.2, 0.25) is 0 Å². The highest BCUT2D eigenvalue weighted by molar-refractivity contribution is 8.02. The summed E-state index contributed by atoms with van der Waals surface area (Å²) in [5, 5.41) is 9.73. The van der Waals surface area contributed by atoms with E-state index in [1.54, 1.807) is 26.0 Å². The van der Waals surface area contributed by atoms with Crippen molar-refractivity contribution in [2.24, 2.45) is 0 Å². The van der Waals surface area contributed by atoms with Gasteiger partial charge < -0.3 is 19.1 Å². The fourth-order valence-corrected chi connectivity index (χ4v) is 8.63. The maximum atomic E-state index is 10.0. The van der Waals surface area contributed by atoms with Gasteiger partial charge in [-0.15, -0.1) is 11.8 Å². The Labute approximate surface area is 163 Å². The molecule has 140 valence electrons. The number of nitriles is 1. The van der Waals surface area contributed by atoms with Crippen LogP contribution in [-0.4, -0.2) is 60.5 Å². The summed E-state index contributed by atoms with van der Waals surface area (Å²) in [7, 11) is 5.63. The number of methoxy groups -OCH3 is 2. The van der Waals surface area contributed by atoms with Gasteiger partial charge in [0.05, 0.1) is 23.3 Å². The normalized spacial score (nSPS) is 45.2. The lowest BCUT2D eigenvalue weighted by Gasteiger charge is -2.69. The number of ether oxygens (including phenoxy) is 3. The molecule has 2 aliphatic carbocycles. The lowest BCUT2D eigenvalue weighted by molar-refractivity contribution is -0.112. The third-order valence-corrected chi connectivity index (χ3v) is 9.62. The fraction of sp³-hybridized carbons (Fsp3) is 0.571. The number of likely N-dealkylation sites (N-methyl/N-ethyl adjacent to an activating group) is 1. The van der Waals surface area contributed by atoms with Gasteiger partial charge in [0, 0.05) is 18.7 Å². The summed E-state index contributed by atoms with van der Waals surface area (Å²) >= 11 is 1.80. The van der Waals surface area contributed by atoms with Crippen LogP contribution in [0.2, 0.25) is 0 Å². The van der Waals surface area contributed by atoms with Gasteiger partial charge in [-0.3, -0.25) is 0 Å². The lowest BCUT2D eigenvalue weighted by Crippen LogP contribution is -2.81. The maximum Gasteiger partial charge on any atom is 0.166 e. The summed E-state index contributed by atoms with van der Waals surface area (Å²) in [6.07, 6.45) is 6.25. The van der Waals surface area contributed by atoms with Crippen LogP contribution in [-0.2, 0) is 16.6 Å². The zero-order chi connectivity index (χ0) is 18.6. The van der Waals surface area contributed by atoms with Crippen molar-refractivity contribution in [2.75, 3.05) is 27.8 Å². The first-order valence-corrected chi connectivity index (χ1v) is 10.4. The van der Waals surface area contributed by atoms with E-state index in [1.165, 1.54) is 11.1 Å². The molecule has 6 atom stereocenters. The number of rotatable bonds is 2. The van der Waals surface area contributed by atoms with Gasteiger partial charge in [0.15, 0.2) is 11.5 Å². The monoisotopic (exact) mass is 382 g/mol. The van der Waals surface area contributed by atoms with E-state index >= 15 is 0 Å². The summed E-state index contributed by atoms with van der Waals surface area (Å²) in [6.45, 7) is 1.02. The number of nitrogens with zero attached hydrogens (tertiary/aromatic N) is 2.